The van der Waals surface area contributed by atoms with Gasteiger partial charge in [0, 0.05) is 32.2 Å². The molecule has 25 heavy (non-hydrogen) atoms. The molecular weight excluding hydrogens is 323 g/mol. The Balaban J connectivity index is 1.60. The zero-order valence-corrected chi connectivity index (χ0v) is 14.9. The van der Waals surface area contributed by atoms with Crippen LogP contribution in [0.5, 0.6) is 0 Å². The maximum Gasteiger partial charge on any atom is 0.266 e. The van der Waals surface area contributed by atoms with E-state index in [9.17, 15) is 9.50 Å². The maximum atomic E-state index is 13.0. The molecule has 2 aromatic rings. The molecule has 7 heteroatoms. The minimum atomic E-state index is -0.703. The molecule has 6 nitrogen and oxygen atoms in total. The number of nitrogens with zero attached hydrogens (tertiary/aromatic N) is 4. The number of anilines is 1. The molecule has 1 N–H and O–H groups in total. The molecule has 1 unspecified atom stereocenters. The summed E-state index contributed by atoms with van der Waals surface area (Å²) in [6.45, 7) is 8.84. The van der Waals surface area contributed by atoms with Crippen LogP contribution in [0.2, 0.25) is 0 Å². The van der Waals surface area contributed by atoms with Gasteiger partial charge in [0.1, 0.15) is 5.82 Å². The maximum absolute atomic E-state index is 13.0. The first-order chi connectivity index (χ1) is 11.8. The Hall–Kier alpha value is -1.99. The fourth-order valence-electron chi connectivity index (χ4n) is 3.13. The smallest absolute Gasteiger partial charge is 0.266 e. The van der Waals surface area contributed by atoms with Crippen LogP contribution in [-0.2, 0) is 6.42 Å². The van der Waals surface area contributed by atoms with Gasteiger partial charge < -0.3 is 14.5 Å². The van der Waals surface area contributed by atoms with Gasteiger partial charge >= 0.3 is 0 Å². The second-order valence-corrected chi connectivity index (χ2v) is 7.37. The van der Waals surface area contributed by atoms with Crippen LogP contribution in [0.3, 0.4) is 0 Å². The number of benzene rings is 1. The van der Waals surface area contributed by atoms with Crippen LogP contribution in [0.1, 0.15) is 32.2 Å². The molecule has 1 saturated heterocycles. The van der Waals surface area contributed by atoms with E-state index < -0.39 is 5.60 Å². The number of rotatable bonds is 5. The quantitative estimate of drug-likeness (QED) is 0.892. The normalized spacial score (nSPS) is 19.4. The lowest BCUT2D eigenvalue weighted by Gasteiger charge is -2.41. The SMILES string of the molecule is CC1CN(c2noc(Cc3ccc(F)cc3)n2)CCN1CC(C)(C)O. The van der Waals surface area contributed by atoms with Gasteiger partial charge in [0.05, 0.1) is 12.0 Å². The first-order valence-electron chi connectivity index (χ1n) is 8.58. The lowest BCUT2D eigenvalue weighted by molar-refractivity contribution is 0.0199. The largest absolute Gasteiger partial charge is 0.389 e. The Bertz CT molecular complexity index is 696. The summed E-state index contributed by atoms with van der Waals surface area (Å²) < 4.78 is 18.3. The highest BCUT2D eigenvalue weighted by atomic mass is 19.1. The zero-order chi connectivity index (χ0) is 18.0. The van der Waals surface area contributed by atoms with Gasteiger partial charge in [0.15, 0.2) is 0 Å². The van der Waals surface area contributed by atoms with E-state index in [1.807, 2.05) is 13.8 Å². The molecule has 0 aliphatic carbocycles. The van der Waals surface area contributed by atoms with E-state index in [1.54, 1.807) is 12.1 Å². The highest BCUT2D eigenvalue weighted by Gasteiger charge is 2.29. The van der Waals surface area contributed by atoms with Gasteiger partial charge in [-0.3, -0.25) is 4.90 Å². The molecule has 0 saturated carbocycles. The number of hydrogen-bond acceptors (Lipinski definition) is 6. The van der Waals surface area contributed by atoms with Crippen LogP contribution in [0, 0.1) is 5.82 Å². The molecule has 136 valence electrons. The molecule has 0 amide bonds. The number of piperazine rings is 1. The van der Waals surface area contributed by atoms with Crippen molar-refractivity contribution < 1.29 is 14.0 Å². The van der Waals surface area contributed by atoms with E-state index in [0.29, 0.717) is 30.8 Å². The summed E-state index contributed by atoms with van der Waals surface area (Å²) >= 11 is 0. The van der Waals surface area contributed by atoms with E-state index in [1.165, 1.54) is 12.1 Å². The third-order valence-corrected chi connectivity index (χ3v) is 4.36. The van der Waals surface area contributed by atoms with Gasteiger partial charge in [-0.2, -0.15) is 4.98 Å². The van der Waals surface area contributed by atoms with Crippen molar-refractivity contribution in [2.24, 2.45) is 0 Å². The Morgan fingerprint density at radius 1 is 1.28 bits per heavy atom. The van der Waals surface area contributed by atoms with Crippen LogP contribution in [0.4, 0.5) is 10.3 Å². The first kappa shape index (κ1) is 17.8. The standard InChI is InChI=1S/C18H25FN4O2/c1-13-11-22(8-9-23(13)12-18(2,3)24)17-20-16(25-21-17)10-14-4-6-15(19)7-5-14/h4-7,13,24H,8-12H2,1-3H3. The summed E-state index contributed by atoms with van der Waals surface area (Å²) in [5.74, 6) is 0.855. The van der Waals surface area contributed by atoms with Crippen molar-refractivity contribution in [3.63, 3.8) is 0 Å². The van der Waals surface area contributed by atoms with Crippen LogP contribution in [0.25, 0.3) is 0 Å². The predicted octanol–water partition coefficient (Wildman–Crippen LogP) is 2.08. The van der Waals surface area contributed by atoms with Gasteiger partial charge in [-0.05, 0) is 43.6 Å². The molecule has 3 rings (SSSR count). The summed E-state index contributed by atoms with van der Waals surface area (Å²) in [4.78, 5) is 8.85. The monoisotopic (exact) mass is 348 g/mol. The topological polar surface area (TPSA) is 65.6 Å². The molecule has 1 aliphatic heterocycles. The lowest BCUT2D eigenvalue weighted by atomic mass is 10.1. The fraction of sp³-hybridized carbons (Fsp3) is 0.556. The van der Waals surface area contributed by atoms with E-state index in [4.69, 9.17) is 4.52 Å². The molecule has 2 heterocycles. The third-order valence-electron chi connectivity index (χ3n) is 4.36. The van der Waals surface area contributed by atoms with Gasteiger partial charge in [0.2, 0.25) is 5.89 Å². The second-order valence-electron chi connectivity index (χ2n) is 7.37. The molecule has 1 fully saturated rings. The highest BCUT2D eigenvalue weighted by molar-refractivity contribution is 5.30. The Morgan fingerprint density at radius 2 is 2.00 bits per heavy atom. The van der Waals surface area contributed by atoms with Gasteiger partial charge in [-0.25, -0.2) is 4.39 Å². The summed E-state index contributed by atoms with van der Waals surface area (Å²) in [6.07, 6.45) is 0.488. The predicted molar refractivity (Wildman–Crippen MR) is 93.0 cm³/mol. The lowest BCUT2D eigenvalue weighted by Crippen LogP contribution is -2.55. The molecule has 1 aliphatic rings. The first-order valence-corrected chi connectivity index (χ1v) is 8.58. The van der Waals surface area contributed by atoms with Crippen molar-refractivity contribution in [2.45, 2.75) is 38.8 Å². The van der Waals surface area contributed by atoms with Crippen molar-refractivity contribution >= 4 is 5.95 Å². The molecule has 0 radical (unpaired) electrons. The average Bonchev–Trinajstić information content (AvgIpc) is 2.99. The summed E-state index contributed by atoms with van der Waals surface area (Å²) in [6, 6.07) is 6.58. The number of aliphatic hydroxyl groups is 1. The molecule has 1 aromatic carbocycles. The molecular formula is C18H25FN4O2. The summed E-state index contributed by atoms with van der Waals surface area (Å²) in [7, 11) is 0. The minimum Gasteiger partial charge on any atom is -0.389 e. The molecule has 1 atom stereocenters. The molecule has 0 bridgehead atoms. The minimum absolute atomic E-state index is 0.257. The van der Waals surface area contributed by atoms with E-state index in [0.717, 1.165) is 25.2 Å². The van der Waals surface area contributed by atoms with Crippen molar-refractivity contribution in [3.05, 3.63) is 41.5 Å². The van der Waals surface area contributed by atoms with Gasteiger partial charge in [-0.15, -0.1) is 0 Å². The van der Waals surface area contributed by atoms with Gasteiger partial charge in [-0.1, -0.05) is 12.1 Å². The Kier molecular flexibility index (Phi) is 5.06. The van der Waals surface area contributed by atoms with E-state index in [-0.39, 0.29) is 5.82 Å². The van der Waals surface area contributed by atoms with Crippen molar-refractivity contribution in [2.75, 3.05) is 31.1 Å². The average molecular weight is 348 g/mol. The molecule has 0 spiro atoms. The highest BCUT2D eigenvalue weighted by Crippen LogP contribution is 2.19. The van der Waals surface area contributed by atoms with Crippen molar-refractivity contribution in [3.8, 4) is 0 Å². The Morgan fingerprint density at radius 3 is 2.64 bits per heavy atom. The number of aromatic nitrogens is 2. The van der Waals surface area contributed by atoms with Gasteiger partial charge in [0.25, 0.3) is 5.95 Å². The summed E-state index contributed by atoms with van der Waals surface area (Å²) in [5, 5.41) is 14.1. The second kappa shape index (κ2) is 7.09. The van der Waals surface area contributed by atoms with Crippen molar-refractivity contribution in [1.82, 2.24) is 15.0 Å². The van der Waals surface area contributed by atoms with E-state index in [2.05, 4.69) is 26.9 Å². The molecule has 1 aromatic heterocycles. The van der Waals surface area contributed by atoms with E-state index >= 15 is 0 Å². The number of halogens is 1. The van der Waals surface area contributed by atoms with Crippen molar-refractivity contribution in [1.29, 1.82) is 0 Å². The zero-order valence-electron chi connectivity index (χ0n) is 14.9. The van der Waals surface area contributed by atoms with Crippen LogP contribution in [-0.4, -0.2) is 58.0 Å². The third kappa shape index (κ3) is 4.76. The van der Waals surface area contributed by atoms with Crippen LogP contribution in [0.15, 0.2) is 28.8 Å². The fourth-order valence-corrected chi connectivity index (χ4v) is 3.13. The van der Waals surface area contributed by atoms with Crippen LogP contribution >= 0.6 is 0 Å². The summed E-state index contributed by atoms with van der Waals surface area (Å²) in [5.41, 5.74) is 0.227. The number of hydrogen-bond donors (Lipinski definition) is 1. The number of β-amino-alcohol motifs (C(OH)–C–C–N with tert-alkyl or cyclic N) is 1. The Labute approximate surface area is 147 Å². The van der Waals surface area contributed by atoms with Crippen LogP contribution < -0.4 is 4.90 Å².